The van der Waals surface area contributed by atoms with Crippen molar-refractivity contribution in [3.05, 3.63) is 83.9 Å². The van der Waals surface area contributed by atoms with Crippen LogP contribution in [0.4, 0.5) is 0 Å². The first-order chi connectivity index (χ1) is 16.0. The predicted octanol–water partition coefficient (Wildman–Crippen LogP) is 4.36. The zero-order valence-corrected chi connectivity index (χ0v) is 18.5. The topological polar surface area (TPSA) is 96.2 Å². The first-order valence-electron chi connectivity index (χ1n) is 10.7. The number of ether oxygens (including phenoxy) is 2. The van der Waals surface area contributed by atoms with E-state index in [0.29, 0.717) is 24.3 Å². The van der Waals surface area contributed by atoms with Gasteiger partial charge < -0.3 is 24.8 Å². The Morgan fingerprint density at radius 2 is 1.58 bits per heavy atom. The van der Waals surface area contributed by atoms with E-state index < -0.39 is 5.97 Å². The molecule has 3 rings (SSSR count). The maximum Gasteiger partial charge on any atom is 0.336 e. The van der Waals surface area contributed by atoms with Gasteiger partial charge in [0.25, 0.3) is 0 Å². The lowest BCUT2D eigenvalue weighted by Gasteiger charge is -2.12. The van der Waals surface area contributed by atoms with Gasteiger partial charge in [-0.15, -0.1) is 0 Å². The zero-order chi connectivity index (χ0) is 23.6. The summed E-state index contributed by atoms with van der Waals surface area (Å²) in [5, 5.41) is 27.6. The molecule has 0 aliphatic carbocycles. The lowest BCUT2D eigenvalue weighted by atomic mass is 10.0. The molecule has 0 amide bonds. The van der Waals surface area contributed by atoms with Crippen LogP contribution in [0.5, 0.6) is 17.2 Å². The minimum atomic E-state index is -0.493. The second-order valence-corrected chi connectivity index (χ2v) is 7.72. The maximum atomic E-state index is 12.1. The van der Waals surface area contributed by atoms with Crippen LogP contribution in [0.25, 0.3) is 17.2 Å². The molecule has 0 bridgehead atoms. The number of hydrogen-bond donors (Lipinski definition) is 3. The van der Waals surface area contributed by atoms with Crippen molar-refractivity contribution in [3.8, 4) is 28.4 Å². The summed E-state index contributed by atoms with van der Waals surface area (Å²) in [6, 6.07) is 20.0. The molecule has 0 saturated carbocycles. The molecule has 6 heteroatoms. The van der Waals surface area contributed by atoms with Gasteiger partial charge in [-0.25, -0.2) is 4.79 Å². The summed E-state index contributed by atoms with van der Waals surface area (Å²) in [5.74, 6) is 0.616. The number of esters is 1. The van der Waals surface area contributed by atoms with Gasteiger partial charge in [0.1, 0.15) is 17.2 Å². The quantitative estimate of drug-likeness (QED) is 0.242. The van der Waals surface area contributed by atoms with Crippen molar-refractivity contribution in [2.75, 3.05) is 19.8 Å². The Hall–Kier alpha value is -3.61. The summed E-state index contributed by atoms with van der Waals surface area (Å²) in [4.78, 5) is 12.1. The molecule has 0 atom stereocenters. The summed E-state index contributed by atoms with van der Waals surface area (Å²) in [5.41, 5.74) is 3.60. The fourth-order valence-electron chi connectivity index (χ4n) is 3.17. The average molecular weight is 449 g/mol. The molecule has 0 heterocycles. The Morgan fingerprint density at radius 3 is 2.18 bits per heavy atom. The van der Waals surface area contributed by atoms with Crippen molar-refractivity contribution >= 4 is 12.0 Å². The molecule has 0 spiro atoms. The van der Waals surface area contributed by atoms with E-state index >= 15 is 0 Å². The van der Waals surface area contributed by atoms with Crippen LogP contribution < -0.4 is 9.47 Å². The molecule has 0 fully saturated rings. The second-order valence-electron chi connectivity index (χ2n) is 7.72. The van der Waals surface area contributed by atoms with E-state index in [-0.39, 0.29) is 24.9 Å². The molecule has 0 saturated heterocycles. The molecular weight excluding hydrogens is 420 g/mol. The fourth-order valence-corrected chi connectivity index (χ4v) is 3.17. The molecule has 0 aliphatic rings. The van der Waals surface area contributed by atoms with Gasteiger partial charge in [-0.1, -0.05) is 36.4 Å². The van der Waals surface area contributed by atoms with E-state index in [2.05, 4.69) is 0 Å². The summed E-state index contributed by atoms with van der Waals surface area (Å²) in [6.45, 7) is 2.08. The molecule has 3 N–H and O–H groups in total. The van der Waals surface area contributed by atoms with Crippen molar-refractivity contribution in [2.24, 2.45) is 5.92 Å². The lowest BCUT2D eigenvalue weighted by Crippen LogP contribution is -2.14. The molecule has 0 aliphatic heterocycles. The van der Waals surface area contributed by atoms with E-state index in [0.717, 1.165) is 22.4 Å². The monoisotopic (exact) mass is 448 g/mol. The van der Waals surface area contributed by atoms with Crippen LogP contribution in [0.15, 0.2) is 72.8 Å². The van der Waals surface area contributed by atoms with Gasteiger partial charge in [0.2, 0.25) is 0 Å². The van der Waals surface area contributed by atoms with Crippen LogP contribution in [0.2, 0.25) is 0 Å². The second kappa shape index (κ2) is 11.9. The third kappa shape index (κ3) is 7.20. The van der Waals surface area contributed by atoms with Gasteiger partial charge in [-0.3, -0.25) is 0 Å². The number of phenols is 1. The average Bonchev–Trinajstić information content (AvgIpc) is 2.83. The minimum absolute atomic E-state index is 0.0523. The Bertz CT molecular complexity index is 1070. The smallest absolute Gasteiger partial charge is 0.336 e. The van der Waals surface area contributed by atoms with Crippen LogP contribution in [-0.4, -0.2) is 41.1 Å². The van der Waals surface area contributed by atoms with E-state index in [1.165, 1.54) is 18.2 Å². The first kappa shape index (κ1) is 24.0. The number of carbonyl (C=O) groups excluding carboxylic acids is 1. The van der Waals surface area contributed by atoms with E-state index in [4.69, 9.17) is 19.7 Å². The van der Waals surface area contributed by atoms with Crippen molar-refractivity contribution in [3.63, 3.8) is 0 Å². The first-order valence-corrected chi connectivity index (χ1v) is 10.7. The van der Waals surface area contributed by atoms with Crippen molar-refractivity contribution in [1.82, 2.24) is 0 Å². The third-order valence-electron chi connectivity index (χ3n) is 5.19. The highest BCUT2D eigenvalue weighted by molar-refractivity contribution is 5.89. The van der Waals surface area contributed by atoms with Gasteiger partial charge in [-0.05, 0) is 72.0 Å². The van der Waals surface area contributed by atoms with Crippen molar-refractivity contribution < 1.29 is 29.6 Å². The Labute approximate surface area is 193 Å². The highest BCUT2D eigenvalue weighted by Gasteiger charge is 2.07. The Balaban J connectivity index is 1.54. The normalized spacial score (nSPS) is 11.2. The third-order valence-corrected chi connectivity index (χ3v) is 5.19. The molecule has 0 aromatic heterocycles. The highest BCUT2D eigenvalue weighted by atomic mass is 16.5. The van der Waals surface area contributed by atoms with Gasteiger partial charge in [0.15, 0.2) is 0 Å². The van der Waals surface area contributed by atoms with Crippen LogP contribution in [0, 0.1) is 12.8 Å². The molecule has 172 valence electrons. The number of hydrogen-bond acceptors (Lipinski definition) is 6. The largest absolute Gasteiger partial charge is 0.508 e. The summed E-state index contributed by atoms with van der Waals surface area (Å²) >= 11 is 0. The van der Waals surface area contributed by atoms with Gasteiger partial charge in [0, 0.05) is 25.2 Å². The van der Waals surface area contributed by atoms with Crippen molar-refractivity contribution in [2.45, 2.75) is 13.3 Å². The standard InChI is InChI=1S/C27H28O6/c1-19-16-24(30)9-12-26(19)33-27(31)13-4-20-2-5-22(6-3-20)23-7-10-25(11-8-23)32-15-14-21(17-28)18-29/h2-13,16,21,28-30H,14-15,17-18H2,1H3/b13-4+. The molecule has 6 nitrogen and oxygen atoms in total. The maximum absolute atomic E-state index is 12.1. The molecule has 3 aromatic carbocycles. The molecule has 0 radical (unpaired) electrons. The van der Waals surface area contributed by atoms with E-state index in [1.54, 1.807) is 19.1 Å². The number of aryl methyl sites for hydroxylation is 1. The summed E-state index contributed by atoms with van der Waals surface area (Å²) in [6.07, 6.45) is 3.64. The van der Waals surface area contributed by atoms with Gasteiger partial charge in [0.05, 0.1) is 6.61 Å². The molecule has 33 heavy (non-hydrogen) atoms. The predicted molar refractivity (Wildman–Crippen MR) is 127 cm³/mol. The zero-order valence-electron chi connectivity index (χ0n) is 18.5. The van der Waals surface area contributed by atoms with E-state index in [1.807, 2.05) is 48.5 Å². The molecule has 0 unspecified atom stereocenters. The SMILES string of the molecule is Cc1cc(O)ccc1OC(=O)/C=C/c1ccc(-c2ccc(OCCC(CO)CO)cc2)cc1. The summed E-state index contributed by atoms with van der Waals surface area (Å²) in [7, 11) is 0. The molecular formula is C27H28O6. The number of rotatable bonds is 10. The Morgan fingerprint density at radius 1 is 0.939 bits per heavy atom. The van der Waals surface area contributed by atoms with Gasteiger partial charge >= 0.3 is 5.97 Å². The number of benzene rings is 3. The number of aliphatic hydroxyl groups is 2. The number of aliphatic hydroxyl groups excluding tert-OH is 2. The van der Waals surface area contributed by atoms with Crippen LogP contribution in [-0.2, 0) is 4.79 Å². The van der Waals surface area contributed by atoms with Crippen LogP contribution >= 0.6 is 0 Å². The lowest BCUT2D eigenvalue weighted by molar-refractivity contribution is -0.128. The summed E-state index contributed by atoms with van der Waals surface area (Å²) < 4.78 is 11.0. The number of aromatic hydroxyl groups is 1. The van der Waals surface area contributed by atoms with Crippen molar-refractivity contribution in [1.29, 1.82) is 0 Å². The number of carbonyl (C=O) groups is 1. The van der Waals surface area contributed by atoms with Gasteiger partial charge in [-0.2, -0.15) is 0 Å². The Kier molecular flexibility index (Phi) is 8.63. The number of phenolic OH excluding ortho intramolecular Hbond substituents is 1. The molecule has 3 aromatic rings. The van der Waals surface area contributed by atoms with Crippen LogP contribution in [0.1, 0.15) is 17.5 Å². The van der Waals surface area contributed by atoms with Crippen LogP contribution in [0.3, 0.4) is 0 Å². The fraction of sp³-hybridized carbons (Fsp3) is 0.222. The highest BCUT2D eigenvalue weighted by Crippen LogP contribution is 2.24. The minimum Gasteiger partial charge on any atom is -0.508 e. The van der Waals surface area contributed by atoms with E-state index in [9.17, 15) is 9.90 Å².